The van der Waals surface area contributed by atoms with E-state index in [0.717, 1.165) is 29.9 Å². The van der Waals surface area contributed by atoms with Crippen LogP contribution in [-0.2, 0) is 9.47 Å². The molecule has 1 aromatic heterocycles. The van der Waals surface area contributed by atoms with Gasteiger partial charge in [0.1, 0.15) is 11.2 Å². The fourth-order valence-corrected chi connectivity index (χ4v) is 2.82. The number of anilines is 1. The number of carbonyl (C=O) groups excluding carboxylic acids is 2. The third-order valence-electron chi connectivity index (χ3n) is 3.93. The molecule has 2 unspecified atom stereocenters. The van der Waals surface area contributed by atoms with E-state index in [0.29, 0.717) is 0 Å². The summed E-state index contributed by atoms with van der Waals surface area (Å²) in [6.45, 7) is 10.3. The average Bonchev–Trinajstić information content (AvgIpc) is 2.91. The fourth-order valence-electron chi connectivity index (χ4n) is 2.82. The second kappa shape index (κ2) is 7.80. The number of nitrogens with zero attached hydrogens (tertiary/aromatic N) is 3. The van der Waals surface area contributed by atoms with Crippen LogP contribution < -0.4 is 10.6 Å². The number of hydrogen-bond donors (Lipinski definition) is 1. The number of imide groups is 1. The van der Waals surface area contributed by atoms with Crippen LogP contribution in [0, 0.1) is 0 Å². The van der Waals surface area contributed by atoms with Crippen LogP contribution in [0.2, 0.25) is 0 Å². The monoisotopic (exact) mass is 378 g/mol. The van der Waals surface area contributed by atoms with Gasteiger partial charge in [-0.3, -0.25) is 4.98 Å². The first kappa shape index (κ1) is 21.1. The Kier molecular flexibility index (Phi) is 6.09. The van der Waals surface area contributed by atoms with Crippen LogP contribution in [0.5, 0.6) is 0 Å². The SMILES string of the molecule is CC(C)(C)OC(=O)N(C(=O)OC(C)(C)C)c1cnc(C2CCC(N)C2)cn1. The number of amides is 2. The van der Waals surface area contributed by atoms with Crippen LogP contribution in [0.4, 0.5) is 15.4 Å². The number of ether oxygens (including phenoxy) is 2. The van der Waals surface area contributed by atoms with Crippen molar-refractivity contribution in [3.05, 3.63) is 18.1 Å². The Bertz CT molecular complexity index is 648. The highest BCUT2D eigenvalue weighted by molar-refractivity contribution is 6.08. The van der Waals surface area contributed by atoms with E-state index < -0.39 is 23.4 Å². The van der Waals surface area contributed by atoms with Gasteiger partial charge in [0, 0.05) is 12.0 Å². The number of hydrogen-bond acceptors (Lipinski definition) is 7. The van der Waals surface area contributed by atoms with Gasteiger partial charge in [0.25, 0.3) is 0 Å². The van der Waals surface area contributed by atoms with Crippen LogP contribution in [0.1, 0.15) is 72.4 Å². The maximum Gasteiger partial charge on any atom is 0.425 e. The topological polar surface area (TPSA) is 108 Å². The van der Waals surface area contributed by atoms with Gasteiger partial charge in [-0.05, 0) is 60.8 Å². The summed E-state index contributed by atoms with van der Waals surface area (Å²) >= 11 is 0. The maximum atomic E-state index is 12.6. The number of carbonyl (C=O) groups is 2. The molecule has 0 aromatic carbocycles. The normalized spacial score (nSPS) is 20.3. The van der Waals surface area contributed by atoms with Crippen LogP contribution >= 0.6 is 0 Å². The lowest BCUT2D eigenvalue weighted by molar-refractivity contribution is 0.0429. The molecule has 150 valence electrons. The molecule has 8 nitrogen and oxygen atoms in total. The van der Waals surface area contributed by atoms with E-state index in [9.17, 15) is 9.59 Å². The highest BCUT2D eigenvalue weighted by Crippen LogP contribution is 2.32. The van der Waals surface area contributed by atoms with Crippen LogP contribution in [0.3, 0.4) is 0 Å². The zero-order chi connectivity index (χ0) is 20.4. The predicted octanol–water partition coefficient (Wildman–Crippen LogP) is 3.75. The van der Waals surface area contributed by atoms with Gasteiger partial charge in [0.2, 0.25) is 0 Å². The van der Waals surface area contributed by atoms with Crippen molar-refractivity contribution in [1.82, 2.24) is 9.97 Å². The Balaban J connectivity index is 2.26. The Labute approximate surface area is 160 Å². The number of rotatable bonds is 2. The Morgan fingerprint density at radius 1 is 1.00 bits per heavy atom. The zero-order valence-electron chi connectivity index (χ0n) is 17.0. The van der Waals surface area contributed by atoms with Crippen LogP contribution in [0.15, 0.2) is 12.4 Å². The van der Waals surface area contributed by atoms with Gasteiger partial charge in [0.05, 0.1) is 18.1 Å². The van der Waals surface area contributed by atoms with Gasteiger partial charge in [0.15, 0.2) is 5.82 Å². The van der Waals surface area contributed by atoms with E-state index in [-0.39, 0.29) is 17.8 Å². The van der Waals surface area contributed by atoms with E-state index in [1.807, 2.05) is 0 Å². The standard InChI is InChI=1S/C19H30N4O4/c1-18(2,3)26-16(24)23(17(25)27-19(4,5)6)15-11-21-14(10-22-15)12-7-8-13(20)9-12/h10-13H,7-9,20H2,1-6H3. The molecule has 2 atom stereocenters. The molecular formula is C19H30N4O4. The van der Waals surface area contributed by atoms with Crippen molar-refractivity contribution in [1.29, 1.82) is 0 Å². The highest BCUT2D eigenvalue weighted by atomic mass is 16.6. The van der Waals surface area contributed by atoms with E-state index in [1.165, 1.54) is 6.20 Å². The summed E-state index contributed by atoms with van der Waals surface area (Å²) in [5.74, 6) is 0.308. The molecule has 0 saturated heterocycles. The molecule has 8 heteroatoms. The molecule has 1 aliphatic carbocycles. The molecule has 0 radical (unpaired) electrons. The third kappa shape index (κ3) is 6.16. The van der Waals surface area contributed by atoms with Gasteiger partial charge in [-0.25, -0.2) is 14.6 Å². The first-order valence-electron chi connectivity index (χ1n) is 9.19. The predicted molar refractivity (Wildman–Crippen MR) is 102 cm³/mol. The molecule has 0 spiro atoms. The Hall–Kier alpha value is -2.22. The van der Waals surface area contributed by atoms with Gasteiger partial charge < -0.3 is 15.2 Å². The lowest BCUT2D eigenvalue weighted by Gasteiger charge is -2.28. The molecule has 1 heterocycles. The average molecular weight is 378 g/mol. The van der Waals surface area contributed by atoms with Gasteiger partial charge in [-0.15, -0.1) is 0 Å². The summed E-state index contributed by atoms with van der Waals surface area (Å²) < 4.78 is 10.7. The quantitative estimate of drug-likeness (QED) is 0.835. The van der Waals surface area contributed by atoms with Crippen molar-refractivity contribution in [2.45, 2.75) is 84.0 Å². The molecular weight excluding hydrogens is 348 g/mol. The molecule has 27 heavy (non-hydrogen) atoms. The van der Waals surface area contributed by atoms with Crippen LogP contribution in [-0.4, -0.2) is 39.4 Å². The molecule has 2 rings (SSSR count). The molecule has 1 aromatic rings. The molecule has 2 N–H and O–H groups in total. The van der Waals surface area contributed by atoms with Crippen molar-refractivity contribution >= 4 is 18.0 Å². The summed E-state index contributed by atoms with van der Waals surface area (Å²) in [6, 6.07) is 0.177. The smallest absolute Gasteiger partial charge is 0.425 e. The second-order valence-corrected chi connectivity index (χ2v) is 8.87. The summed E-state index contributed by atoms with van der Waals surface area (Å²) in [7, 11) is 0. The molecule has 1 fully saturated rings. The van der Waals surface area contributed by atoms with Crippen molar-refractivity contribution in [2.75, 3.05) is 4.90 Å². The lowest BCUT2D eigenvalue weighted by atomic mass is 10.0. The first-order chi connectivity index (χ1) is 12.4. The Morgan fingerprint density at radius 2 is 1.56 bits per heavy atom. The minimum Gasteiger partial charge on any atom is -0.443 e. The van der Waals surface area contributed by atoms with E-state index in [2.05, 4.69) is 9.97 Å². The van der Waals surface area contributed by atoms with Crippen molar-refractivity contribution in [2.24, 2.45) is 5.73 Å². The number of nitrogens with two attached hydrogens (primary N) is 1. The Morgan fingerprint density at radius 3 is 1.93 bits per heavy atom. The molecule has 1 saturated carbocycles. The van der Waals surface area contributed by atoms with Gasteiger partial charge in [-0.2, -0.15) is 4.90 Å². The third-order valence-corrected chi connectivity index (χ3v) is 3.93. The fraction of sp³-hybridized carbons (Fsp3) is 0.684. The van der Waals surface area contributed by atoms with E-state index >= 15 is 0 Å². The van der Waals surface area contributed by atoms with E-state index in [1.54, 1.807) is 47.7 Å². The molecule has 1 aliphatic rings. The van der Waals surface area contributed by atoms with E-state index in [4.69, 9.17) is 15.2 Å². The molecule has 0 aliphatic heterocycles. The second-order valence-electron chi connectivity index (χ2n) is 8.87. The molecule has 0 bridgehead atoms. The van der Waals surface area contributed by atoms with Crippen molar-refractivity contribution in [3.8, 4) is 0 Å². The van der Waals surface area contributed by atoms with Crippen molar-refractivity contribution < 1.29 is 19.1 Å². The van der Waals surface area contributed by atoms with Gasteiger partial charge >= 0.3 is 12.2 Å². The highest BCUT2D eigenvalue weighted by Gasteiger charge is 2.34. The summed E-state index contributed by atoms with van der Waals surface area (Å²) in [6.07, 6.45) is 4.03. The van der Waals surface area contributed by atoms with Crippen molar-refractivity contribution in [3.63, 3.8) is 0 Å². The zero-order valence-corrected chi connectivity index (χ0v) is 17.0. The largest absolute Gasteiger partial charge is 0.443 e. The summed E-state index contributed by atoms with van der Waals surface area (Å²) in [5, 5.41) is 0. The van der Waals surface area contributed by atoms with Crippen LogP contribution in [0.25, 0.3) is 0 Å². The maximum absolute atomic E-state index is 12.6. The summed E-state index contributed by atoms with van der Waals surface area (Å²) in [5.41, 5.74) is 5.22. The number of aromatic nitrogens is 2. The minimum absolute atomic E-state index is 0.0598. The van der Waals surface area contributed by atoms with Gasteiger partial charge in [-0.1, -0.05) is 0 Å². The minimum atomic E-state index is -0.860. The molecule has 2 amide bonds. The summed E-state index contributed by atoms with van der Waals surface area (Å²) in [4.78, 5) is 34.6. The lowest BCUT2D eigenvalue weighted by Crippen LogP contribution is -2.44. The first-order valence-corrected chi connectivity index (χ1v) is 9.19.